The maximum absolute atomic E-state index is 5.79. The van der Waals surface area contributed by atoms with Crippen molar-refractivity contribution in [3.8, 4) is 22.8 Å². The van der Waals surface area contributed by atoms with Gasteiger partial charge in [0.25, 0.3) is 5.95 Å². The monoisotopic (exact) mass is 411 g/mol. The van der Waals surface area contributed by atoms with Gasteiger partial charge in [-0.2, -0.15) is 10.2 Å². The molecule has 7 nitrogen and oxygen atoms in total. The predicted molar refractivity (Wildman–Crippen MR) is 120 cm³/mol. The van der Waals surface area contributed by atoms with E-state index >= 15 is 0 Å². The van der Waals surface area contributed by atoms with Crippen LogP contribution in [-0.4, -0.2) is 28.5 Å². The Balaban J connectivity index is 1.34. The van der Waals surface area contributed by atoms with Crippen LogP contribution >= 0.6 is 0 Å². The Bertz CT molecular complexity index is 1130. The highest BCUT2D eigenvalue weighted by Crippen LogP contribution is 2.20. The Morgan fingerprint density at radius 3 is 2.39 bits per heavy atom. The molecule has 0 unspecified atom stereocenters. The maximum Gasteiger partial charge on any atom is 0.263 e. The second-order valence-corrected chi connectivity index (χ2v) is 6.61. The number of nitrogens with zero attached hydrogens (tertiary/aromatic N) is 4. The standard InChI is InChI=1S/C24H21N5O2/c1-30-21-13-9-20(10-14-21)23-16-26-29-24(27-23)28-25-15-18-7-11-22(12-8-18)31-17-19-5-3-2-4-6-19/h2-16H,17H2,1H3,(H,27,28,29)/b25-15-. The Hall–Kier alpha value is -4.26. The summed E-state index contributed by atoms with van der Waals surface area (Å²) in [5.41, 5.74) is 6.46. The molecule has 1 aromatic heterocycles. The molecule has 154 valence electrons. The minimum absolute atomic E-state index is 0.312. The lowest BCUT2D eigenvalue weighted by Gasteiger charge is -2.06. The highest BCUT2D eigenvalue weighted by Gasteiger charge is 2.03. The van der Waals surface area contributed by atoms with Gasteiger partial charge in [-0.25, -0.2) is 10.4 Å². The summed E-state index contributed by atoms with van der Waals surface area (Å²) in [6, 6.07) is 25.3. The van der Waals surface area contributed by atoms with Gasteiger partial charge in [-0.3, -0.25) is 0 Å². The van der Waals surface area contributed by atoms with Gasteiger partial charge in [0, 0.05) is 5.56 Å². The molecule has 0 aliphatic rings. The lowest BCUT2D eigenvalue weighted by Crippen LogP contribution is -2.00. The second-order valence-electron chi connectivity index (χ2n) is 6.61. The van der Waals surface area contributed by atoms with Gasteiger partial charge >= 0.3 is 0 Å². The van der Waals surface area contributed by atoms with E-state index in [-0.39, 0.29) is 0 Å². The van der Waals surface area contributed by atoms with Crippen molar-refractivity contribution in [1.82, 2.24) is 15.2 Å². The van der Waals surface area contributed by atoms with E-state index in [1.54, 1.807) is 19.5 Å². The lowest BCUT2D eigenvalue weighted by molar-refractivity contribution is 0.306. The van der Waals surface area contributed by atoms with Crippen LogP contribution in [0.2, 0.25) is 0 Å². The van der Waals surface area contributed by atoms with Crippen molar-refractivity contribution in [3.63, 3.8) is 0 Å². The van der Waals surface area contributed by atoms with Gasteiger partial charge in [-0.15, -0.1) is 5.10 Å². The average molecular weight is 411 g/mol. The molecule has 1 N–H and O–H groups in total. The van der Waals surface area contributed by atoms with Gasteiger partial charge in [0.15, 0.2) is 0 Å². The quantitative estimate of drug-likeness (QED) is 0.338. The van der Waals surface area contributed by atoms with E-state index in [0.717, 1.165) is 28.2 Å². The van der Waals surface area contributed by atoms with Crippen LogP contribution in [0.4, 0.5) is 5.95 Å². The van der Waals surface area contributed by atoms with Crippen molar-refractivity contribution >= 4 is 12.2 Å². The minimum Gasteiger partial charge on any atom is -0.497 e. The van der Waals surface area contributed by atoms with Gasteiger partial charge in [0.2, 0.25) is 0 Å². The van der Waals surface area contributed by atoms with Gasteiger partial charge in [0.05, 0.1) is 25.2 Å². The molecule has 4 aromatic rings. The predicted octanol–water partition coefficient (Wildman–Crippen LogP) is 4.57. The third-order valence-electron chi connectivity index (χ3n) is 4.45. The zero-order valence-electron chi connectivity index (χ0n) is 17.0. The normalized spacial score (nSPS) is 10.7. The first kappa shape index (κ1) is 20.0. The number of hydrazone groups is 1. The number of methoxy groups -OCH3 is 1. The molecule has 0 bridgehead atoms. The van der Waals surface area contributed by atoms with Crippen molar-refractivity contribution in [2.75, 3.05) is 12.5 Å². The summed E-state index contributed by atoms with van der Waals surface area (Å²) in [6.45, 7) is 0.532. The number of aromatic nitrogens is 3. The molecular formula is C24H21N5O2. The van der Waals surface area contributed by atoms with Crippen molar-refractivity contribution < 1.29 is 9.47 Å². The summed E-state index contributed by atoms with van der Waals surface area (Å²) in [7, 11) is 1.63. The highest BCUT2D eigenvalue weighted by atomic mass is 16.5. The molecule has 3 aromatic carbocycles. The van der Waals surface area contributed by atoms with Crippen LogP contribution in [0.25, 0.3) is 11.3 Å². The van der Waals surface area contributed by atoms with E-state index < -0.39 is 0 Å². The smallest absolute Gasteiger partial charge is 0.263 e. The summed E-state index contributed by atoms with van der Waals surface area (Å²) in [6.07, 6.45) is 3.29. The largest absolute Gasteiger partial charge is 0.497 e. The second kappa shape index (κ2) is 9.98. The fraction of sp³-hybridized carbons (Fsp3) is 0.0833. The molecule has 0 fully saturated rings. The van der Waals surface area contributed by atoms with E-state index in [2.05, 4.69) is 25.7 Å². The molecular weight excluding hydrogens is 390 g/mol. The fourth-order valence-electron chi connectivity index (χ4n) is 2.81. The van der Waals surface area contributed by atoms with Crippen LogP contribution in [0.5, 0.6) is 11.5 Å². The molecule has 0 saturated carbocycles. The molecule has 0 aliphatic heterocycles. The molecule has 4 rings (SSSR count). The van der Waals surface area contributed by atoms with E-state index in [0.29, 0.717) is 18.2 Å². The Kier molecular flexibility index (Phi) is 6.45. The topological polar surface area (TPSA) is 81.5 Å². The number of benzene rings is 3. The molecule has 0 amide bonds. The molecule has 1 heterocycles. The van der Waals surface area contributed by atoms with Crippen molar-refractivity contribution in [1.29, 1.82) is 0 Å². The average Bonchev–Trinajstić information content (AvgIpc) is 2.84. The summed E-state index contributed by atoms with van der Waals surface area (Å²) >= 11 is 0. The molecule has 0 spiro atoms. The van der Waals surface area contributed by atoms with E-state index in [1.165, 1.54) is 0 Å². The SMILES string of the molecule is COc1ccc(-c2cnnc(N/N=C\c3ccc(OCc4ccccc4)cc3)n2)cc1. The molecule has 0 aliphatic carbocycles. The molecule has 0 saturated heterocycles. The van der Waals surface area contributed by atoms with E-state index in [4.69, 9.17) is 9.47 Å². The molecule has 0 radical (unpaired) electrons. The number of anilines is 1. The van der Waals surface area contributed by atoms with Crippen LogP contribution in [0, 0.1) is 0 Å². The van der Waals surface area contributed by atoms with Crippen LogP contribution in [0.1, 0.15) is 11.1 Å². The van der Waals surface area contributed by atoms with Gasteiger partial charge in [0.1, 0.15) is 18.1 Å². The Morgan fingerprint density at radius 2 is 1.65 bits per heavy atom. The van der Waals surface area contributed by atoms with E-state index in [1.807, 2.05) is 78.9 Å². The first-order valence-corrected chi connectivity index (χ1v) is 9.70. The molecule has 0 atom stereocenters. The highest BCUT2D eigenvalue weighted by molar-refractivity contribution is 5.80. The Morgan fingerprint density at radius 1 is 0.903 bits per heavy atom. The fourth-order valence-corrected chi connectivity index (χ4v) is 2.81. The number of ether oxygens (including phenoxy) is 2. The first-order chi connectivity index (χ1) is 15.3. The van der Waals surface area contributed by atoms with Gasteiger partial charge in [-0.1, -0.05) is 30.3 Å². The third kappa shape index (κ3) is 5.63. The Labute approximate surface area is 180 Å². The molecule has 31 heavy (non-hydrogen) atoms. The maximum atomic E-state index is 5.79. The third-order valence-corrected chi connectivity index (χ3v) is 4.45. The van der Waals surface area contributed by atoms with Crippen LogP contribution < -0.4 is 14.9 Å². The van der Waals surface area contributed by atoms with Crippen molar-refractivity contribution in [2.24, 2.45) is 5.10 Å². The number of rotatable bonds is 8. The van der Waals surface area contributed by atoms with Gasteiger partial charge < -0.3 is 9.47 Å². The van der Waals surface area contributed by atoms with E-state index in [9.17, 15) is 0 Å². The summed E-state index contributed by atoms with van der Waals surface area (Å²) < 4.78 is 11.0. The van der Waals surface area contributed by atoms with Crippen LogP contribution in [0.3, 0.4) is 0 Å². The molecule has 7 heteroatoms. The summed E-state index contributed by atoms with van der Waals surface area (Å²) in [4.78, 5) is 4.44. The number of nitrogens with one attached hydrogen (secondary N) is 1. The zero-order valence-corrected chi connectivity index (χ0v) is 17.0. The lowest BCUT2D eigenvalue weighted by atomic mass is 10.1. The van der Waals surface area contributed by atoms with Crippen LogP contribution in [0.15, 0.2) is 90.2 Å². The van der Waals surface area contributed by atoms with Gasteiger partial charge in [-0.05, 0) is 59.7 Å². The summed E-state index contributed by atoms with van der Waals surface area (Å²) in [5.74, 6) is 1.89. The summed E-state index contributed by atoms with van der Waals surface area (Å²) in [5, 5.41) is 12.2. The van der Waals surface area contributed by atoms with Crippen molar-refractivity contribution in [2.45, 2.75) is 6.61 Å². The zero-order chi connectivity index (χ0) is 21.3. The minimum atomic E-state index is 0.312. The number of hydrogen-bond donors (Lipinski definition) is 1. The van der Waals surface area contributed by atoms with Crippen LogP contribution in [-0.2, 0) is 6.61 Å². The first-order valence-electron chi connectivity index (χ1n) is 9.70. The number of hydrogen-bond acceptors (Lipinski definition) is 7. The van der Waals surface area contributed by atoms with Crippen molar-refractivity contribution in [3.05, 3.63) is 96.2 Å².